The fourth-order valence-corrected chi connectivity index (χ4v) is 2.55. The number of hydrogen-bond donors (Lipinski definition) is 2. The summed E-state index contributed by atoms with van der Waals surface area (Å²) in [7, 11) is 0. The Morgan fingerprint density at radius 1 is 1.60 bits per heavy atom. The summed E-state index contributed by atoms with van der Waals surface area (Å²) in [6, 6.07) is 4.35. The summed E-state index contributed by atoms with van der Waals surface area (Å²) in [4.78, 5) is 2.78. The Bertz CT molecular complexity index is 295. The Kier molecular flexibility index (Phi) is 4.14. The molecule has 2 N–H and O–H groups in total. The molecule has 4 heteroatoms. The lowest BCUT2D eigenvalue weighted by Gasteiger charge is -2.23. The first-order chi connectivity index (χ1) is 7.34. The van der Waals surface area contributed by atoms with E-state index in [4.69, 9.17) is 4.74 Å². The van der Waals surface area contributed by atoms with Gasteiger partial charge in [0.2, 0.25) is 0 Å². The van der Waals surface area contributed by atoms with Crippen LogP contribution in [-0.4, -0.2) is 32.3 Å². The van der Waals surface area contributed by atoms with Gasteiger partial charge in [-0.05, 0) is 19.1 Å². The SMILES string of the molecule is Cc1ccc(CNCC2CNCCO2)s1. The van der Waals surface area contributed by atoms with Crippen LogP contribution in [0.15, 0.2) is 12.1 Å². The molecule has 1 aromatic heterocycles. The molecule has 0 aliphatic carbocycles. The van der Waals surface area contributed by atoms with Crippen LogP contribution in [0.4, 0.5) is 0 Å². The lowest BCUT2D eigenvalue weighted by atomic mass is 10.3. The second-order valence-electron chi connectivity index (χ2n) is 3.84. The largest absolute Gasteiger partial charge is 0.374 e. The minimum atomic E-state index is 0.333. The standard InChI is InChI=1S/C11H18N2OS/c1-9-2-3-11(15-9)8-13-7-10-6-12-4-5-14-10/h2-3,10,12-13H,4-8H2,1H3. The van der Waals surface area contributed by atoms with Crippen LogP contribution >= 0.6 is 11.3 Å². The van der Waals surface area contributed by atoms with Crippen LogP contribution in [0.3, 0.4) is 0 Å². The Hall–Kier alpha value is -0.420. The summed E-state index contributed by atoms with van der Waals surface area (Å²) < 4.78 is 5.60. The summed E-state index contributed by atoms with van der Waals surface area (Å²) in [5, 5.41) is 6.76. The number of nitrogens with one attached hydrogen (secondary N) is 2. The molecule has 0 bridgehead atoms. The van der Waals surface area contributed by atoms with Gasteiger partial charge in [0.25, 0.3) is 0 Å². The molecule has 2 heterocycles. The molecule has 1 aliphatic heterocycles. The van der Waals surface area contributed by atoms with Gasteiger partial charge in [0.05, 0.1) is 12.7 Å². The van der Waals surface area contributed by atoms with Crippen molar-refractivity contribution in [3.8, 4) is 0 Å². The first-order valence-corrected chi connectivity index (χ1v) is 6.24. The first-order valence-electron chi connectivity index (χ1n) is 5.43. The van der Waals surface area contributed by atoms with Crippen molar-refractivity contribution in [1.82, 2.24) is 10.6 Å². The molecule has 15 heavy (non-hydrogen) atoms. The molecule has 1 aliphatic rings. The van der Waals surface area contributed by atoms with Gasteiger partial charge >= 0.3 is 0 Å². The molecule has 0 saturated carbocycles. The lowest BCUT2D eigenvalue weighted by molar-refractivity contribution is 0.0291. The van der Waals surface area contributed by atoms with Gasteiger partial charge in [-0.3, -0.25) is 0 Å². The van der Waals surface area contributed by atoms with E-state index in [-0.39, 0.29) is 0 Å². The molecule has 2 rings (SSSR count). The highest BCUT2D eigenvalue weighted by Gasteiger charge is 2.12. The second kappa shape index (κ2) is 5.61. The third-order valence-corrected chi connectivity index (χ3v) is 3.47. The smallest absolute Gasteiger partial charge is 0.0824 e. The highest BCUT2D eigenvalue weighted by atomic mass is 32.1. The molecule has 0 amide bonds. The normalized spacial score (nSPS) is 21.8. The quantitative estimate of drug-likeness (QED) is 0.807. The van der Waals surface area contributed by atoms with Crippen LogP contribution in [0.2, 0.25) is 0 Å². The number of morpholine rings is 1. The van der Waals surface area contributed by atoms with E-state index in [0.717, 1.165) is 32.8 Å². The van der Waals surface area contributed by atoms with Crippen LogP contribution in [0.25, 0.3) is 0 Å². The third kappa shape index (κ3) is 3.57. The van der Waals surface area contributed by atoms with Gasteiger partial charge in [0, 0.05) is 35.9 Å². The van der Waals surface area contributed by atoms with Gasteiger partial charge in [0.15, 0.2) is 0 Å². The summed E-state index contributed by atoms with van der Waals surface area (Å²) in [6.07, 6.45) is 0.333. The maximum absolute atomic E-state index is 5.60. The van der Waals surface area contributed by atoms with E-state index >= 15 is 0 Å². The Morgan fingerprint density at radius 3 is 3.20 bits per heavy atom. The summed E-state index contributed by atoms with van der Waals surface area (Å²) >= 11 is 1.86. The molecule has 1 unspecified atom stereocenters. The van der Waals surface area contributed by atoms with Gasteiger partial charge in [-0.15, -0.1) is 11.3 Å². The molecule has 0 aromatic carbocycles. The average Bonchev–Trinajstić information content (AvgIpc) is 2.66. The van der Waals surface area contributed by atoms with Crippen molar-refractivity contribution in [2.75, 3.05) is 26.2 Å². The van der Waals surface area contributed by atoms with Crippen LogP contribution in [0.5, 0.6) is 0 Å². The molecule has 0 radical (unpaired) electrons. The zero-order valence-corrected chi connectivity index (χ0v) is 9.90. The van der Waals surface area contributed by atoms with Crippen molar-refractivity contribution in [3.63, 3.8) is 0 Å². The van der Waals surface area contributed by atoms with E-state index in [0.29, 0.717) is 6.10 Å². The fourth-order valence-electron chi connectivity index (χ4n) is 1.69. The molecule has 0 spiro atoms. The van der Waals surface area contributed by atoms with Crippen LogP contribution < -0.4 is 10.6 Å². The van der Waals surface area contributed by atoms with E-state index in [1.807, 2.05) is 11.3 Å². The third-order valence-electron chi connectivity index (χ3n) is 2.47. The average molecular weight is 226 g/mol. The monoisotopic (exact) mass is 226 g/mol. The number of thiophene rings is 1. The maximum atomic E-state index is 5.60. The minimum Gasteiger partial charge on any atom is -0.374 e. The summed E-state index contributed by atoms with van der Waals surface area (Å²) in [5.74, 6) is 0. The highest BCUT2D eigenvalue weighted by molar-refractivity contribution is 7.11. The zero-order chi connectivity index (χ0) is 10.5. The molecule has 1 atom stereocenters. The molecular formula is C11H18N2OS. The molecule has 1 saturated heterocycles. The zero-order valence-electron chi connectivity index (χ0n) is 9.08. The van der Waals surface area contributed by atoms with Crippen molar-refractivity contribution >= 4 is 11.3 Å². The van der Waals surface area contributed by atoms with Gasteiger partial charge in [-0.25, -0.2) is 0 Å². The second-order valence-corrected chi connectivity index (χ2v) is 5.21. The van der Waals surface area contributed by atoms with Crippen LogP contribution in [0, 0.1) is 6.92 Å². The Labute approximate surface area is 94.8 Å². The fraction of sp³-hybridized carbons (Fsp3) is 0.636. The van der Waals surface area contributed by atoms with Gasteiger partial charge in [0.1, 0.15) is 0 Å². The van der Waals surface area contributed by atoms with Crippen LogP contribution in [0.1, 0.15) is 9.75 Å². The van der Waals surface area contributed by atoms with Crippen LogP contribution in [-0.2, 0) is 11.3 Å². The molecule has 84 valence electrons. The number of hydrogen-bond acceptors (Lipinski definition) is 4. The Morgan fingerprint density at radius 2 is 2.53 bits per heavy atom. The van der Waals surface area contributed by atoms with Crippen molar-refractivity contribution in [1.29, 1.82) is 0 Å². The predicted octanol–water partition coefficient (Wildman–Crippen LogP) is 1.13. The molecular weight excluding hydrogens is 208 g/mol. The van der Waals surface area contributed by atoms with E-state index in [2.05, 4.69) is 29.7 Å². The highest BCUT2D eigenvalue weighted by Crippen LogP contribution is 2.14. The van der Waals surface area contributed by atoms with E-state index in [1.54, 1.807) is 0 Å². The van der Waals surface area contributed by atoms with Crippen molar-refractivity contribution in [3.05, 3.63) is 21.9 Å². The van der Waals surface area contributed by atoms with E-state index < -0.39 is 0 Å². The topological polar surface area (TPSA) is 33.3 Å². The molecule has 3 nitrogen and oxygen atoms in total. The maximum Gasteiger partial charge on any atom is 0.0824 e. The molecule has 1 aromatic rings. The van der Waals surface area contributed by atoms with Gasteiger partial charge in [-0.1, -0.05) is 0 Å². The first kappa shape index (κ1) is 11.1. The Balaban J connectivity index is 1.65. The van der Waals surface area contributed by atoms with Crippen molar-refractivity contribution < 1.29 is 4.74 Å². The predicted molar refractivity (Wildman–Crippen MR) is 63.4 cm³/mol. The van der Waals surface area contributed by atoms with Gasteiger partial charge < -0.3 is 15.4 Å². The van der Waals surface area contributed by atoms with Crippen molar-refractivity contribution in [2.24, 2.45) is 0 Å². The molecule has 1 fully saturated rings. The number of aryl methyl sites for hydroxylation is 1. The minimum absolute atomic E-state index is 0.333. The van der Waals surface area contributed by atoms with E-state index in [9.17, 15) is 0 Å². The summed E-state index contributed by atoms with van der Waals surface area (Å²) in [6.45, 7) is 6.83. The summed E-state index contributed by atoms with van der Waals surface area (Å²) in [5.41, 5.74) is 0. The number of rotatable bonds is 4. The van der Waals surface area contributed by atoms with Crippen molar-refractivity contribution in [2.45, 2.75) is 19.6 Å². The van der Waals surface area contributed by atoms with E-state index in [1.165, 1.54) is 9.75 Å². The van der Waals surface area contributed by atoms with Gasteiger partial charge in [-0.2, -0.15) is 0 Å². The lowest BCUT2D eigenvalue weighted by Crippen LogP contribution is -2.43. The number of ether oxygens (including phenoxy) is 1.